The van der Waals surface area contributed by atoms with E-state index < -0.39 is 12.1 Å². The summed E-state index contributed by atoms with van der Waals surface area (Å²) in [6.07, 6.45) is -0.530. The molecule has 2 aromatic carbocycles. The van der Waals surface area contributed by atoms with E-state index in [1.807, 2.05) is 63.2 Å². The van der Waals surface area contributed by atoms with Crippen molar-refractivity contribution < 1.29 is 14.6 Å². The lowest BCUT2D eigenvalue weighted by Gasteiger charge is -2.16. The van der Waals surface area contributed by atoms with Gasteiger partial charge in [-0.2, -0.15) is 0 Å². The third-order valence-corrected chi connectivity index (χ3v) is 3.54. The number of carboxylic acid groups (broad SMARTS) is 1. The first kappa shape index (κ1) is 15.1. The number of carbonyl (C=O) groups is 1. The molecule has 0 saturated heterocycles. The van der Waals surface area contributed by atoms with Crippen LogP contribution in [0.5, 0.6) is 5.75 Å². The maximum Gasteiger partial charge on any atom is 0.345 e. The number of rotatable bonds is 5. The minimum absolute atomic E-state index is 0.351. The summed E-state index contributed by atoms with van der Waals surface area (Å²) in [5.74, 6) is -0.354. The van der Waals surface area contributed by atoms with Crippen molar-refractivity contribution in [2.24, 2.45) is 0 Å². The summed E-state index contributed by atoms with van der Waals surface area (Å²) >= 11 is 0. The summed E-state index contributed by atoms with van der Waals surface area (Å²) < 4.78 is 5.66. The van der Waals surface area contributed by atoms with E-state index in [1.54, 1.807) is 0 Å². The van der Waals surface area contributed by atoms with Gasteiger partial charge >= 0.3 is 5.97 Å². The van der Waals surface area contributed by atoms with Crippen LogP contribution in [0, 0.1) is 20.8 Å². The van der Waals surface area contributed by atoms with Gasteiger partial charge in [-0.3, -0.25) is 0 Å². The second-order valence-electron chi connectivity index (χ2n) is 5.38. The summed E-state index contributed by atoms with van der Waals surface area (Å²) in [5.41, 5.74) is 4.33. The van der Waals surface area contributed by atoms with Crippen LogP contribution in [0.15, 0.2) is 42.5 Å². The quantitative estimate of drug-likeness (QED) is 0.911. The number of benzene rings is 2. The Balaban J connectivity index is 2.15. The van der Waals surface area contributed by atoms with E-state index in [2.05, 4.69) is 0 Å². The van der Waals surface area contributed by atoms with Crippen LogP contribution >= 0.6 is 0 Å². The molecule has 0 bridgehead atoms. The molecular weight excluding hydrogens is 264 g/mol. The van der Waals surface area contributed by atoms with Crippen LogP contribution in [0.4, 0.5) is 0 Å². The van der Waals surface area contributed by atoms with Crippen LogP contribution in [0.1, 0.15) is 22.3 Å². The Bertz CT molecular complexity index is 647. The van der Waals surface area contributed by atoms with Gasteiger partial charge in [-0.1, -0.05) is 35.9 Å². The van der Waals surface area contributed by atoms with E-state index in [1.165, 1.54) is 0 Å². The lowest BCUT2D eigenvalue weighted by atomic mass is 10.1. The fourth-order valence-corrected chi connectivity index (χ4v) is 2.18. The van der Waals surface area contributed by atoms with Crippen molar-refractivity contribution in [3.63, 3.8) is 0 Å². The Hall–Kier alpha value is -2.29. The maximum atomic E-state index is 11.4. The molecule has 0 radical (unpaired) electrons. The van der Waals surface area contributed by atoms with Gasteiger partial charge < -0.3 is 9.84 Å². The molecule has 0 amide bonds. The second-order valence-corrected chi connectivity index (χ2v) is 5.38. The Morgan fingerprint density at radius 1 is 1.10 bits per heavy atom. The number of aryl methyl sites for hydroxylation is 3. The normalized spacial score (nSPS) is 12.0. The van der Waals surface area contributed by atoms with E-state index in [-0.39, 0.29) is 0 Å². The Kier molecular flexibility index (Phi) is 4.63. The summed E-state index contributed by atoms with van der Waals surface area (Å²) in [6.45, 7) is 5.99. The highest BCUT2D eigenvalue weighted by molar-refractivity contribution is 5.73. The third kappa shape index (κ3) is 4.09. The molecule has 0 aliphatic heterocycles. The van der Waals surface area contributed by atoms with Crippen LogP contribution in [-0.4, -0.2) is 17.2 Å². The standard InChI is InChI=1S/C18H20O3/c1-12-5-4-6-15(9-12)11-17(18(19)20)21-16-8-7-13(2)14(3)10-16/h4-10,17H,11H2,1-3H3,(H,19,20)/t17-/m1/s1. The molecule has 0 heterocycles. The molecule has 0 saturated carbocycles. The van der Waals surface area contributed by atoms with Crippen molar-refractivity contribution in [1.82, 2.24) is 0 Å². The molecule has 3 heteroatoms. The molecule has 110 valence electrons. The zero-order chi connectivity index (χ0) is 15.4. The van der Waals surface area contributed by atoms with E-state index in [0.717, 1.165) is 22.3 Å². The fourth-order valence-electron chi connectivity index (χ4n) is 2.18. The van der Waals surface area contributed by atoms with Crippen LogP contribution in [-0.2, 0) is 11.2 Å². The number of carboxylic acids is 1. The predicted molar refractivity (Wildman–Crippen MR) is 82.9 cm³/mol. The van der Waals surface area contributed by atoms with Gasteiger partial charge in [0, 0.05) is 6.42 Å². The second kappa shape index (κ2) is 6.44. The third-order valence-electron chi connectivity index (χ3n) is 3.54. The zero-order valence-electron chi connectivity index (χ0n) is 12.6. The molecule has 0 aromatic heterocycles. The molecule has 21 heavy (non-hydrogen) atoms. The summed E-state index contributed by atoms with van der Waals surface area (Å²) in [4.78, 5) is 11.4. The summed E-state index contributed by atoms with van der Waals surface area (Å²) in [5, 5.41) is 9.36. The van der Waals surface area contributed by atoms with Crippen LogP contribution in [0.3, 0.4) is 0 Å². The first-order chi connectivity index (χ1) is 9.95. The molecule has 1 atom stereocenters. The molecule has 1 N–H and O–H groups in total. The molecule has 2 aromatic rings. The van der Waals surface area contributed by atoms with Crippen molar-refractivity contribution in [3.05, 3.63) is 64.7 Å². The van der Waals surface area contributed by atoms with E-state index in [0.29, 0.717) is 12.2 Å². The van der Waals surface area contributed by atoms with Gasteiger partial charge in [0.05, 0.1) is 0 Å². The van der Waals surface area contributed by atoms with E-state index >= 15 is 0 Å². The van der Waals surface area contributed by atoms with Gasteiger partial charge in [-0.05, 0) is 49.6 Å². The molecular formula is C18H20O3. The van der Waals surface area contributed by atoms with Gasteiger partial charge in [-0.15, -0.1) is 0 Å². The minimum Gasteiger partial charge on any atom is -0.478 e. The monoisotopic (exact) mass is 284 g/mol. The number of hydrogen-bond acceptors (Lipinski definition) is 2. The molecule has 0 unspecified atom stereocenters. The first-order valence-electron chi connectivity index (χ1n) is 6.98. The largest absolute Gasteiger partial charge is 0.478 e. The van der Waals surface area contributed by atoms with Crippen molar-refractivity contribution in [1.29, 1.82) is 0 Å². The summed E-state index contributed by atoms with van der Waals surface area (Å²) in [6, 6.07) is 13.5. The van der Waals surface area contributed by atoms with Gasteiger partial charge in [0.25, 0.3) is 0 Å². The van der Waals surface area contributed by atoms with E-state index in [9.17, 15) is 9.90 Å². The van der Waals surface area contributed by atoms with Crippen LogP contribution in [0.25, 0.3) is 0 Å². The van der Waals surface area contributed by atoms with Gasteiger partial charge in [0.2, 0.25) is 0 Å². The smallest absolute Gasteiger partial charge is 0.345 e. The molecule has 0 aliphatic rings. The average molecular weight is 284 g/mol. The summed E-state index contributed by atoms with van der Waals surface area (Å²) in [7, 11) is 0. The molecule has 3 nitrogen and oxygen atoms in total. The Labute approximate surface area is 125 Å². The van der Waals surface area contributed by atoms with Crippen molar-refractivity contribution in [2.75, 3.05) is 0 Å². The average Bonchev–Trinajstić information content (AvgIpc) is 2.42. The fraction of sp³-hybridized carbons (Fsp3) is 0.278. The molecule has 0 aliphatic carbocycles. The Morgan fingerprint density at radius 2 is 1.86 bits per heavy atom. The highest BCUT2D eigenvalue weighted by Crippen LogP contribution is 2.19. The number of ether oxygens (including phenoxy) is 1. The Morgan fingerprint density at radius 3 is 2.48 bits per heavy atom. The topological polar surface area (TPSA) is 46.5 Å². The van der Waals surface area contributed by atoms with Crippen molar-refractivity contribution in [3.8, 4) is 5.75 Å². The van der Waals surface area contributed by atoms with E-state index in [4.69, 9.17) is 4.74 Å². The van der Waals surface area contributed by atoms with Crippen LogP contribution in [0.2, 0.25) is 0 Å². The van der Waals surface area contributed by atoms with Crippen molar-refractivity contribution >= 4 is 5.97 Å². The molecule has 2 rings (SSSR count). The zero-order valence-corrected chi connectivity index (χ0v) is 12.6. The van der Waals surface area contributed by atoms with Gasteiger partial charge in [-0.25, -0.2) is 4.79 Å². The molecule has 0 spiro atoms. The predicted octanol–water partition coefficient (Wildman–Crippen LogP) is 3.69. The lowest BCUT2D eigenvalue weighted by molar-refractivity contribution is -0.145. The highest BCUT2D eigenvalue weighted by Gasteiger charge is 2.20. The highest BCUT2D eigenvalue weighted by atomic mass is 16.5. The first-order valence-corrected chi connectivity index (χ1v) is 6.98. The molecule has 0 fully saturated rings. The maximum absolute atomic E-state index is 11.4. The van der Waals surface area contributed by atoms with Gasteiger partial charge in [0.15, 0.2) is 6.10 Å². The van der Waals surface area contributed by atoms with Crippen molar-refractivity contribution in [2.45, 2.75) is 33.3 Å². The van der Waals surface area contributed by atoms with Crippen LogP contribution < -0.4 is 4.74 Å². The SMILES string of the molecule is Cc1cccc(C[C@@H](Oc2ccc(C)c(C)c2)C(=O)O)c1. The number of aliphatic carboxylic acids is 1. The lowest BCUT2D eigenvalue weighted by Crippen LogP contribution is -2.29. The number of hydrogen-bond donors (Lipinski definition) is 1. The van der Waals surface area contributed by atoms with Gasteiger partial charge in [0.1, 0.15) is 5.75 Å². The minimum atomic E-state index is -0.949.